The van der Waals surface area contributed by atoms with E-state index in [1.165, 1.54) is 0 Å². The smallest absolute Gasteiger partial charge is 0.437 e. The second kappa shape index (κ2) is 12.8. The van der Waals surface area contributed by atoms with Crippen LogP contribution in [0.2, 0.25) is 0 Å². The van der Waals surface area contributed by atoms with Crippen molar-refractivity contribution in [3.63, 3.8) is 0 Å². The lowest BCUT2D eigenvalue weighted by Gasteiger charge is -2.37. The van der Waals surface area contributed by atoms with E-state index >= 15 is 0 Å². The standard InChI is InChI=1S/C27H31N4O5/c32-24(22-14-9-16-28-22)23-15-7-8-17-31(23)25(29-26(33)35-18-20-10-3-1-4-11-20)30-27(34)36-19-21-12-5-2-6-13-21/h1-7,10-13,22-23,28H,8-9,14-19H2,(H,29,30,33,34)/t22-,23?/m0/s1. The van der Waals surface area contributed by atoms with Crippen molar-refractivity contribution < 1.29 is 23.9 Å². The summed E-state index contributed by atoms with van der Waals surface area (Å²) in [5.41, 5.74) is 1.63. The summed E-state index contributed by atoms with van der Waals surface area (Å²) in [6, 6.07) is 17.7. The lowest BCUT2D eigenvalue weighted by Crippen LogP contribution is -2.57. The van der Waals surface area contributed by atoms with Crippen LogP contribution in [0.25, 0.3) is 0 Å². The lowest BCUT2D eigenvalue weighted by atomic mass is 9.94. The zero-order chi connectivity index (χ0) is 25.2. The first-order valence-electron chi connectivity index (χ1n) is 12.2. The third-order valence-electron chi connectivity index (χ3n) is 6.17. The summed E-state index contributed by atoms with van der Waals surface area (Å²) in [6.45, 7) is 1.31. The highest BCUT2D eigenvalue weighted by atomic mass is 16.6. The average molecular weight is 492 g/mol. The predicted octanol–water partition coefficient (Wildman–Crippen LogP) is 3.60. The van der Waals surface area contributed by atoms with Gasteiger partial charge in [0.15, 0.2) is 5.78 Å². The van der Waals surface area contributed by atoms with Crippen molar-refractivity contribution in [2.45, 2.75) is 51.0 Å². The Kier molecular flexibility index (Phi) is 9.04. The third-order valence-corrected chi connectivity index (χ3v) is 6.17. The van der Waals surface area contributed by atoms with Gasteiger partial charge >= 0.3 is 12.2 Å². The van der Waals surface area contributed by atoms with Gasteiger partial charge < -0.3 is 19.7 Å². The van der Waals surface area contributed by atoms with Gasteiger partial charge in [0.1, 0.15) is 13.2 Å². The molecule has 2 heterocycles. The zero-order valence-electron chi connectivity index (χ0n) is 20.1. The number of carbonyl (C=O) groups excluding carboxylic acids is 3. The molecule has 2 saturated heterocycles. The highest BCUT2D eigenvalue weighted by Gasteiger charge is 2.37. The Labute approximate surface area is 210 Å². The minimum atomic E-state index is -0.864. The molecule has 2 aliphatic rings. The molecule has 2 aromatic rings. The molecule has 0 saturated carbocycles. The molecule has 2 N–H and O–H groups in total. The summed E-state index contributed by atoms with van der Waals surface area (Å²) < 4.78 is 10.6. The maximum Gasteiger partial charge on any atom is 0.437 e. The van der Waals surface area contributed by atoms with Crippen LogP contribution < -0.4 is 10.6 Å². The Balaban J connectivity index is 1.49. The highest BCUT2D eigenvalue weighted by molar-refractivity contribution is 6.01. The summed E-state index contributed by atoms with van der Waals surface area (Å²) in [5, 5.41) is 5.83. The second-order valence-corrected chi connectivity index (χ2v) is 8.74. The van der Waals surface area contributed by atoms with E-state index in [0.717, 1.165) is 30.5 Å². The quantitative estimate of drug-likeness (QED) is 0.469. The fourth-order valence-corrected chi connectivity index (χ4v) is 4.32. The molecule has 0 aliphatic carbocycles. The number of ether oxygens (including phenoxy) is 2. The van der Waals surface area contributed by atoms with Crippen molar-refractivity contribution in [3.05, 3.63) is 78.2 Å². The molecule has 2 amide bonds. The molecule has 4 rings (SSSR count). The highest BCUT2D eigenvalue weighted by Crippen LogP contribution is 2.21. The minimum Gasteiger partial charge on any atom is -0.444 e. The van der Waals surface area contributed by atoms with E-state index < -0.39 is 18.2 Å². The van der Waals surface area contributed by atoms with Gasteiger partial charge in [0, 0.05) is 6.54 Å². The molecule has 2 aromatic carbocycles. The van der Waals surface area contributed by atoms with E-state index in [1.807, 2.05) is 67.1 Å². The SMILES string of the molecule is O=C(N=C(NC(=O)OCc1ccccc1)N1CC[CH]CC1C(=O)[C@@H]1CCCN1)OCc1ccccc1. The minimum absolute atomic E-state index is 0.0215. The number of hydrogen-bond donors (Lipinski definition) is 2. The Morgan fingerprint density at radius 3 is 2.28 bits per heavy atom. The summed E-state index contributed by atoms with van der Waals surface area (Å²) >= 11 is 0. The van der Waals surface area contributed by atoms with Crippen LogP contribution in [-0.4, -0.2) is 54.0 Å². The molecular weight excluding hydrogens is 460 g/mol. The van der Waals surface area contributed by atoms with Crippen molar-refractivity contribution in [3.8, 4) is 0 Å². The van der Waals surface area contributed by atoms with Gasteiger partial charge in [-0.05, 0) is 49.8 Å². The molecule has 2 fully saturated rings. The Morgan fingerprint density at radius 1 is 0.972 bits per heavy atom. The van der Waals surface area contributed by atoms with E-state index in [9.17, 15) is 14.4 Å². The van der Waals surface area contributed by atoms with Crippen molar-refractivity contribution in [1.82, 2.24) is 15.5 Å². The van der Waals surface area contributed by atoms with Crippen LogP contribution in [0.3, 0.4) is 0 Å². The molecule has 2 atom stereocenters. The first-order chi connectivity index (χ1) is 17.6. The molecule has 2 aliphatic heterocycles. The van der Waals surface area contributed by atoms with Gasteiger partial charge in [-0.15, -0.1) is 4.99 Å². The summed E-state index contributed by atoms with van der Waals surface area (Å²) in [5.74, 6) is -0.0242. The maximum absolute atomic E-state index is 13.3. The molecular formula is C27H31N4O5. The predicted molar refractivity (Wildman–Crippen MR) is 134 cm³/mol. The Hall–Kier alpha value is -3.72. The van der Waals surface area contributed by atoms with Crippen LogP contribution in [0.4, 0.5) is 9.59 Å². The monoisotopic (exact) mass is 491 g/mol. The maximum atomic E-state index is 13.3. The summed E-state index contributed by atoms with van der Waals surface area (Å²) in [6.07, 6.45) is 3.29. The molecule has 36 heavy (non-hydrogen) atoms. The number of ketones is 1. The summed E-state index contributed by atoms with van der Waals surface area (Å²) in [7, 11) is 0. The number of guanidine groups is 1. The van der Waals surface area contributed by atoms with Gasteiger partial charge in [-0.3, -0.25) is 10.1 Å². The van der Waals surface area contributed by atoms with E-state index in [1.54, 1.807) is 4.90 Å². The number of rotatable bonds is 6. The number of Topliss-reactive ketones (excluding diaryl/α,β-unsaturated/α-hetero) is 1. The first-order valence-corrected chi connectivity index (χ1v) is 12.2. The number of aliphatic imine (C=N–C) groups is 1. The van der Waals surface area contributed by atoms with E-state index in [4.69, 9.17) is 9.47 Å². The number of hydrogen-bond acceptors (Lipinski definition) is 6. The fraction of sp³-hybridized carbons (Fsp3) is 0.370. The van der Waals surface area contributed by atoms with Crippen molar-refractivity contribution in [2.75, 3.05) is 13.1 Å². The average Bonchev–Trinajstić information content (AvgIpc) is 3.46. The van der Waals surface area contributed by atoms with Crippen molar-refractivity contribution >= 4 is 23.9 Å². The number of nitrogens with one attached hydrogen (secondary N) is 2. The lowest BCUT2D eigenvalue weighted by molar-refractivity contribution is -0.125. The molecule has 0 aromatic heterocycles. The number of likely N-dealkylation sites (tertiary alicyclic amines) is 1. The van der Waals surface area contributed by atoms with Gasteiger partial charge in [-0.25, -0.2) is 9.59 Å². The van der Waals surface area contributed by atoms with Gasteiger partial charge in [0.05, 0.1) is 12.1 Å². The van der Waals surface area contributed by atoms with Gasteiger partial charge in [-0.1, -0.05) is 60.7 Å². The molecule has 189 valence electrons. The van der Waals surface area contributed by atoms with E-state index in [0.29, 0.717) is 19.4 Å². The van der Waals surface area contributed by atoms with Gasteiger partial charge in [0.2, 0.25) is 5.96 Å². The number of alkyl carbamates (subject to hydrolysis) is 1. The third kappa shape index (κ3) is 7.14. The topological polar surface area (TPSA) is 109 Å². The number of piperidine rings is 1. The van der Waals surface area contributed by atoms with Gasteiger partial charge in [0.25, 0.3) is 0 Å². The molecule has 1 radical (unpaired) electrons. The Morgan fingerprint density at radius 2 is 1.64 bits per heavy atom. The normalized spacial score (nSPS) is 20.0. The van der Waals surface area contributed by atoms with Gasteiger partial charge in [-0.2, -0.15) is 0 Å². The zero-order valence-corrected chi connectivity index (χ0v) is 20.1. The van der Waals surface area contributed by atoms with Crippen LogP contribution in [0, 0.1) is 6.42 Å². The number of amides is 2. The van der Waals surface area contributed by atoms with Crippen LogP contribution in [0.1, 0.15) is 36.8 Å². The van der Waals surface area contributed by atoms with Crippen LogP contribution >= 0.6 is 0 Å². The largest absolute Gasteiger partial charge is 0.444 e. The molecule has 0 bridgehead atoms. The fourth-order valence-electron chi connectivity index (χ4n) is 4.32. The Bertz CT molecular complexity index is 1050. The van der Waals surface area contributed by atoms with E-state index in [2.05, 4.69) is 15.6 Å². The van der Waals surface area contributed by atoms with Crippen LogP contribution in [-0.2, 0) is 27.5 Å². The second-order valence-electron chi connectivity index (χ2n) is 8.74. The number of carbonyl (C=O) groups is 3. The molecule has 1 unspecified atom stereocenters. The number of benzene rings is 2. The van der Waals surface area contributed by atoms with Crippen molar-refractivity contribution in [1.29, 1.82) is 0 Å². The number of nitrogens with zero attached hydrogens (tertiary/aromatic N) is 2. The first kappa shape index (κ1) is 25.4. The molecule has 0 spiro atoms. The van der Waals surface area contributed by atoms with E-state index in [-0.39, 0.29) is 31.0 Å². The van der Waals surface area contributed by atoms with Crippen molar-refractivity contribution in [2.24, 2.45) is 4.99 Å². The molecule has 9 heteroatoms. The molecule has 9 nitrogen and oxygen atoms in total. The van der Waals surface area contributed by atoms with Crippen LogP contribution in [0.15, 0.2) is 65.7 Å². The van der Waals surface area contributed by atoms with Crippen LogP contribution in [0.5, 0.6) is 0 Å². The summed E-state index contributed by atoms with van der Waals surface area (Å²) in [4.78, 5) is 44.3.